The predicted molar refractivity (Wildman–Crippen MR) is 125 cm³/mol. The van der Waals surface area contributed by atoms with Gasteiger partial charge >= 0.3 is 0 Å². The van der Waals surface area contributed by atoms with Crippen LogP contribution in [0.3, 0.4) is 0 Å². The van der Waals surface area contributed by atoms with Crippen LogP contribution in [0.1, 0.15) is 21.5 Å². The molecule has 0 fully saturated rings. The maximum absolute atomic E-state index is 12.4. The number of nitro benzene ring substituents is 1. The predicted octanol–water partition coefficient (Wildman–Crippen LogP) is 7.04. The summed E-state index contributed by atoms with van der Waals surface area (Å²) >= 11 is 17.9. The number of carbonyl (C=O) groups excluding carboxylic acids is 1. The molecular formula is C23H16Cl3NO5. The molecule has 0 radical (unpaired) electrons. The van der Waals surface area contributed by atoms with Crippen LogP contribution in [-0.4, -0.2) is 17.8 Å². The molecule has 0 saturated carbocycles. The number of methoxy groups -OCH3 is 1. The van der Waals surface area contributed by atoms with Gasteiger partial charge in [0, 0.05) is 23.3 Å². The van der Waals surface area contributed by atoms with Gasteiger partial charge in [-0.2, -0.15) is 0 Å². The maximum Gasteiger partial charge on any atom is 0.271 e. The van der Waals surface area contributed by atoms with Gasteiger partial charge in [0.2, 0.25) is 0 Å². The molecule has 0 N–H and O–H groups in total. The van der Waals surface area contributed by atoms with Crippen molar-refractivity contribution in [3.8, 4) is 11.5 Å². The lowest BCUT2D eigenvalue weighted by atomic mass is 10.1. The van der Waals surface area contributed by atoms with Gasteiger partial charge in [-0.15, -0.1) is 0 Å². The van der Waals surface area contributed by atoms with Gasteiger partial charge < -0.3 is 9.47 Å². The molecule has 3 rings (SSSR count). The highest BCUT2D eigenvalue weighted by atomic mass is 35.5. The van der Waals surface area contributed by atoms with E-state index >= 15 is 0 Å². The molecule has 3 aromatic rings. The summed E-state index contributed by atoms with van der Waals surface area (Å²) in [7, 11) is 1.53. The summed E-state index contributed by atoms with van der Waals surface area (Å²) < 4.78 is 11.1. The summed E-state index contributed by atoms with van der Waals surface area (Å²) in [6, 6.07) is 14.0. The van der Waals surface area contributed by atoms with Crippen LogP contribution in [0.25, 0.3) is 6.08 Å². The molecule has 0 unspecified atom stereocenters. The lowest BCUT2D eigenvalue weighted by Gasteiger charge is -2.12. The fourth-order valence-electron chi connectivity index (χ4n) is 2.81. The number of halogens is 3. The van der Waals surface area contributed by atoms with Crippen LogP contribution in [0.15, 0.2) is 60.7 Å². The highest BCUT2D eigenvalue weighted by Crippen LogP contribution is 2.30. The minimum Gasteiger partial charge on any atom is -0.496 e. The summed E-state index contributed by atoms with van der Waals surface area (Å²) in [6.07, 6.45) is 3.09. The Labute approximate surface area is 199 Å². The quantitative estimate of drug-likeness (QED) is 0.146. The molecule has 0 aliphatic rings. The van der Waals surface area contributed by atoms with Gasteiger partial charge in [-0.05, 0) is 48.0 Å². The first kappa shape index (κ1) is 23.6. The first-order valence-electron chi connectivity index (χ1n) is 9.19. The van der Waals surface area contributed by atoms with E-state index in [0.717, 1.165) is 5.56 Å². The van der Waals surface area contributed by atoms with Crippen molar-refractivity contribution >= 4 is 52.3 Å². The monoisotopic (exact) mass is 491 g/mol. The lowest BCUT2D eigenvalue weighted by molar-refractivity contribution is -0.384. The number of hydrogen-bond donors (Lipinski definition) is 0. The fraction of sp³-hybridized carbons (Fsp3) is 0.0870. The summed E-state index contributed by atoms with van der Waals surface area (Å²) in [5, 5.41) is 11.6. The van der Waals surface area contributed by atoms with Crippen molar-refractivity contribution in [3.63, 3.8) is 0 Å². The normalized spacial score (nSPS) is 10.9. The Bertz CT molecular complexity index is 1210. The number of nitrogens with zero attached hydrogens (tertiary/aromatic N) is 1. The first-order chi connectivity index (χ1) is 15.3. The largest absolute Gasteiger partial charge is 0.496 e. The van der Waals surface area contributed by atoms with E-state index in [0.29, 0.717) is 32.7 Å². The lowest BCUT2D eigenvalue weighted by Crippen LogP contribution is -2.00. The van der Waals surface area contributed by atoms with Crippen LogP contribution in [0.2, 0.25) is 15.1 Å². The second kappa shape index (κ2) is 10.5. The number of rotatable bonds is 8. The zero-order chi connectivity index (χ0) is 23.3. The second-order valence-corrected chi connectivity index (χ2v) is 7.78. The number of allylic oxidation sites excluding steroid dienone is 1. The van der Waals surface area contributed by atoms with E-state index in [-0.39, 0.29) is 23.1 Å². The zero-order valence-electron chi connectivity index (χ0n) is 16.7. The van der Waals surface area contributed by atoms with E-state index in [2.05, 4.69) is 0 Å². The van der Waals surface area contributed by atoms with Crippen molar-refractivity contribution in [2.75, 3.05) is 7.11 Å². The molecule has 0 aliphatic heterocycles. The van der Waals surface area contributed by atoms with E-state index in [1.165, 1.54) is 37.5 Å². The Hall–Kier alpha value is -3.06. The highest BCUT2D eigenvalue weighted by molar-refractivity contribution is 6.42. The summed E-state index contributed by atoms with van der Waals surface area (Å²) in [5.41, 5.74) is 1.73. The maximum atomic E-state index is 12.4. The Morgan fingerprint density at radius 3 is 2.38 bits per heavy atom. The van der Waals surface area contributed by atoms with E-state index < -0.39 is 4.92 Å². The van der Waals surface area contributed by atoms with Gasteiger partial charge in [0.25, 0.3) is 5.69 Å². The van der Waals surface area contributed by atoms with Crippen molar-refractivity contribution in [2.24, 2.45) is 0 Å². The van der Waals surface area contributed by atoms with Crippen LogP contribution in [-0.2, 0) is 6.61 Å². The Morgan fingerprint density at radius 1 is 0.969 bits per heavy atom. The van der Waals surface area contributed by atoms with Crippen LogP contribution in [0.4, 0.5) is 5.69 Å². The van der Waals surface area contributed by atoms with E-state index in [1.54, 1.807) is 36.4 Å². The molecule has 0 amide bonds. The summed E-state index contributed by atoms with van der Waals surface area (Å²) in [5.74, 6) is 0.654. The first-order valence-corrected chi connectivity index (χ1v) is 10.3. The molecule has 0 spiro atoms. The highest BCUT2D eigenvalue weighted by Gasteiger charge is 2.12. The average molecular weight is 493 g/mol. The molecule has 0 atom stereocenters. The van der Waals surface area contributed by atoms with Gasteiger partial charge in [-0.1, -0.05) is 46.9 Å². The fourth-order valence-corrected chi connectivity index (χ4v) is 3.34. The van der Waals surface area contributed by atoms with Crippen molar-refractivity contribution in [2.45, 2.75) is 6.61 Å². The molecule has 9 heteroatoms. The third-order valence-electron chi connectivity index (χ3n) is 4.45. The van der Waals surface area contributed by atoms with E-state index in [4.69, 9.17) is 44.3 Å². The van der Waals surface area contributed by atoms with Crippen LogP contribution in [0.5, 0.6) is 11.5 Å². The van der Waals surface area contributed by atoms with Gasteiger partial charge in [-0.3, -0.25) is 14.9 Å². The van der Waals surface area contributed by atoms with Crippen molar-refractivity contribution in [1.82, 2.24) is 0 Å². The number of ketones is 1. The van der Waals surface area contributed by atoms with Gasteiger partial charge in [-0.25, -0.2) is 0 Å². The molecule has 0 aliphatic carbocycles. The molecule has 0 bridgehead atoms. The van der Waals surface area contributed by atoms with Crippen molar-refractivity contribution in [3.05, 3.63) is 103 Å². The SMILES string of the molecule is COc1ccc(/C=C/C(=O)c2ccc(Cl)c(Cl)c2)cc1COc1ccc([N+](=O)[O-])cc1Cl. The number of carbonyl (C=O) groups is 1. The second-order valence-electron chi connectivity index (χ2n) is 6.56. The molecule has 32 heavy (non-hydrogen) atoms. The van der Waals surface area contributed by atoms with Crippen LogP contribution < -0.4 is 9.47 Å². The number of hydrogen-bond acceptors (Lipinski definition) is 5. The number of nitro groups is 1. The zero-order valence-corrected chi connectivity index (χ0v) is 18.9. The molecule has 164 valence electrons. The van der Waals surface area contributed by atoms with Gasteiger partial charge in [0.1, 0.15) is 18.1 Å². The Morgan fingerprint density at radius 2 is 1.72 bits per heavy atom. The molecule has 0 heterocycles. The minimum atomic E-state index is -0.534. The Balaban J connectivity index is 1.76. The van der Waals surface area contributed by atoms with Crippen molar-refractivity contribution in [1.29, 1.82) is 0 Å². The third-order valence-corrected chi connectivity index (χ3v) is 5.48. The Kier molecular flexibility index (Phi) is 7.75. The number of ether oxygens (including phenoxy) is 2. The van der Waals surface area contributed by atoms with E-state index in [1.807, 2.05) is 0 Å². The van der Waals surface area contributed by atoms with Crippen molar-refractivity contribution < 1.29 is 19.2 Å². The number of benzene rings is 3. The van der Waals surface area contributed by atoms with Crippen LogP contribution in [0, 0.1) is 10.1 Å². The van der Waals surface area contributed by atoms with Gasteiger partial charge in [0.15, 0.2) is 5.78 Å². The third kappa shape index (κ3) is 5.79. The molecular weight excluding hydrogens is 477 g/mol. The molecule has 0 aromatic heterocycles. The summed E-state index contributed by atoms with van der Waals surface area (Å²) in [4.78, 5) is 22.7. The van der Waals surface area contributed by atoms with Gasteiger partial charge in [0.05, 0.1) is 27.1 Å². The van der Waals surface area contributed by atoms with Crippen LogP contribution >= 0.6 is 34.8 Å². The van der Waals surface area contributed by atoms with E-state index in [9.17, 15) is 14.9 Å². The smallest absolute Gasteiger partial charge is 0.271 e. The topological polar surface area (TPSA) is 78.7 Å². The summed E-state index contributed by atoms with van der Waals surface area (Å²) in [6.45, 7) is 0.100. The standard InChI is InChI=1S/C23H16Cl3NO5/c1-31-22-8-3-14(2-7-21(28)15-4-6-18(24)19(25)11-15)10-16(22)13-32-23-9-5-17(27(29)30)12-20(23)26/h2-12H,13H2,1H3/b7-2+. The average Bonchev–Trinajstić information content (AvgIpc) is 2.78. The molecule has 0 saturated heterocycles. The molecule has 6 nitrogen and oxygen atoms in total. The minimum absolute atomic E-state index is 0.100. The number of non-ortho nitro benzene ring substituents is 1. The molecule has 3 aromatic carbocycles.